The van der Waals surface area contributed by atoms with Crippen molar-refractivity contribution >= 4 is 27.2 Å². The van der Waals surface area contributed by atoms with Crippen LogP contribution in [0.15, 0.2) is 66.7 Å². The maximum Gasteiger partial charge on any atom is 0.127 e. The van der Waals surface area contributed by atoms with E-state index >= 15 is 0 Å². The third-order valence-electron chi connectivity index (χ3n) is 4.66. The van der Waals surface area contributed by atoms with Gasteiger partial charge in [-0.3, -0.25) is 0 Å². The van der Waals surface area contributed by atoms with Crippen LogP contribution in [0.2, 0.25) is 0 Å². The van der Waals surface area contributed by atoms with Crippen molar-refractivity contribution in [2.24, 2.45) is 0 Å². The lowest BCUT2D eigenvalue weighted by atomic mass is 9.93. The quantitative estimate of drug-likeness (QED) is 0.521. The second kappa shape index (κ2) is 6.02. The first-order valence-corrected chi connectivity index (χ1v) is 8.16. The van der Waals surface area contributed by atoms with Gasteiger partial charge in [-0.1, -0.05) is 54.6 Å². The lowest BCUT2D eigenvalue weighted by Gasteiger charge is -2.16. The van der Waals surface area contributed by atoms with Crippen LogP contribution in [0.3, 0.4) is 0 Å². The Morgan fingerprint density at radius 1 is 0.600 bits per heavy atom. The molecule has 0 unspecified atom stereocenters. The Bertz CT molecular complexity index is 1090. The maximum atomic E-state index is 6.55. The predicted octanol–water partition coefficient (Wildman–Crippen LogP) is 5.26. The van der Waals surface area contributed by atoms with Gasteiger partial charge in [0, 0.05) is 27.4 Å². The van der Waals surface area contributed by atoms with Crippen LogP contribution in [0.4, 0.5) is 5.69 Å². The molecule has 0 fully saturated rings. The summed E-state index contributed by atoms with van der Waals surface area (Å²) >= 11 is 0. The second-order valence-corrected chi connectivity index (χ2v) is 5.95. The van der Waals surface area contributed by atoms with Crippen LogP contribution in [-0.4, -0.2) is 14.2 Å². The van der Waals surface area contributed by atoms with Gasteiger partial charge in [0.2, 0.25) is 0 Å². The highest BCUT2D eigenvalue weighted by atomic mass is 16.5. The van der Waals surface area contributed by atoms with E-state index in [-0.39, 0.29) is 0 Å². The number of rotatable bonds is 3. The molecule has 0 amide bonds. The van der Waals surface area contributed by atoms with Gasteiger partial charge in [0.25, 0.3) is 0 Å². The standard InChI is InChI=1S/C22H19NO2/c1-24-20-12-6-10-14-15(9-5-11-16(14)20)19-13-21(25-2)17-7-3-4-8-18(17)22(19)23/h3-13H,23H2,1-2H3. The van der Waals surface area contributed by atoms with Gasteiger partial charge in [0.05, 0.1) is 14.2 Å². The summed E-state index contributed by atoms with van der Waals surface area (Å²) in [6.07, 6.45) is 0. The summed E-state index contributed by atoms with van der Waals surface area (Å²) < 4.78 is 11.1. The van der Waals surface area contributed by atoms with Gasteiger partial charge in [-0.2, -0.15) is 0 Å². The Morgan fingerprint density at radius 2 is 1.20 bits per heavy atom. The Balaban J connectivity index is 2.09. The Hall–Kier alpha value is -3.20. The van der Waals surface area contributed by atoms with Crippen LogP contribution in [0.5, 0.6) is 11.5 Å². The van der Waals surface area contributed by atoms with Crippen molar-refractivity contribution in [2.75, 3.05) is 20.0 Å². The van der Waals surface area contributed by atoms with Gasteiger partial charge in [0.15, 0.2) is 0 Å². The minimum absolute atomic E-state index is 0.756. The molecule has 4 aromatic carbocycles. The Kier molecular flexibility index (Phi) is 3.69. The van der Waals surface area contributed by atoms with Crippen LogP contribution in [0.1, 0.15) is 0 Å². The minimum atomic E-state index is 0.756. The zero-order valence-corrected chi connectivity index (χ0v) is 14.2. The minimum Gasteiger partial charge on any atom is -0.496 e. The van der Waals surface area contributed by atoms with Crippen molar-refractivity contribution in [3.63, 3.8) is 0 Å². The van der Waals surface area contributed by atoms with Crippen molar-refractivity contribution in [2.45, 2.75) is 0 Å². The largest absolute Gasteiger partial charge is 0.496 e. The first-order chi connectivity index (χ1) is 12.2. The second-order valence-electron chi connectivity index (χ2n) is 5.95. The topological polar surface area (TPSA) is 44.5 Å². The zero-order valence-electron chi connectivity index (χ0n) is 14.2. The average Bonchev–Trinajstić information content (AvgIpc) is 2.68. The number of nitrogens with two attached hydrogens (primary N) is 1. The van der Waals surface area contributed by atoms with Crippen LogP contribution >= 0.6 is 0 Å². The van der Waals surface area contributed by atoms with Crippen molar-refractivity contribution in [1.82, 2.24) is 0 Å². The molecule has 2 N–H and O–H groups in total. The lowest BCUT2D eigenvalue weighted by molar-refractivity contribution is 0.420. The Labute approximate surface area is 146 Å². The third-order valence-corrected chi connectivity index (χ3v) is 4.66. The summed E-state index contributed by atoms with van der Waals surface area (Å²) in [6, 6.07) is 22.3. The molecular weight excluding hydrogens is 310 g/mol. The van der Waals surface area contributed by atoms with E-state index in [1.165, 1.54) is 0 Å². The van der Waals surface area contributed by atoms with Crippen molar-refractivity contribution < 1.29 is 9.47 Å². The first-order valence-electron chi connectivity index (χ1n) is 8.16. The summed E-state index contributed by atoms with van der Waals surface area (Å²) in [5.74, 6) is 1.67. The molecule has 0 spiro atoms. The van der Waals surface area contributed by atoms with Gasteiger partial charge >= 0.3 is 0 Å². The highest BCUT2D eigenvalue weighted by Crippen LogP contribution is 2.42. The molecule has 4 aromatic rings. The maximum absolute atomic E-state index is 6.55. The number of hydrogen-bond donors (Lipinski definition) is 1. The molecule has 124 valence electrons. The van der Waals surface area contributed by atoms with E-state index in [9.17, 15) is 0 Å². The molecule has 3 nitrogen and oxygen atoms in total. The summed E-state index contributed by atoms with van der Waals surface area (Å²) in [4.78, 5) is 0. The van der Waals surface area contributed by atoms with E-state index in [0.717, 1.165) is 49.9 Å². The fraction of sp³-hybridized carbons (Fsp3) is 0.0909. The van der Waals surface area contributed by atoms with Gasteiger partial charge < -0.3 is 15.2 Å². The number of benzene rings is 4. The molecule has 0 atom stereocenters. The van der Waals surface area contributed by atoms with E-state index in [4.69, 9.17) is 15.2 Å². The van der Waals surface area contributed by atoms with Gasteiger partial charge in [-0.05, 0) is 23.1 Å². The molecule has 0 radical (unpaired) electrons. The van der Waals surface area contributed by atoms with E-state index in [0.29, 0.717) is 0 Å². The molecule has 25 heavy (non-hydrogen) atoms. The molecular formula is C22H19NO2. The summed E-state index contributed by atoms with van der Waals surface area (Å²) in [5, 5.41) is 4.18. The first kappa shape index (κ1) is 15.3. The highest BCUT2D eigenvalue weighted by Gasteiger charge is 2.14. The molecule has 0 aromatic heterocycles. The van der Waals surface area contributed by atoms with Gasteiger partial charge in [-0.15, -0.1) is 0 Å². The molecule has 3 heteroatoms. The monoisotopic (exact) mass is 329 g/mol. The van der Waals surface area contributed by atoms with Gasteiger partial charge in [0.1, 0.15) is 11.5 Å². The number of hydrogen-bond acceptors (Lipinski definition) is 3. The van der Waals surface area contributed by atoms with Crippen LogP contribution in [-0.2, 0) is 0 Å². The number of anilines is 1. The fourth-order valence-corrected chi connectivity index (χ4v) is 3.45. The lowest BCUT2D eigenvalue weighted by Crippen LogP contribution is -1.96. The van der Waals surface area contributed by atoms with Gasteiger partial charge in [-0.25, -0.2) is 0 Å². The van der Waals surface area contributed by atoms with E-state index in [2.05, 4.69) is 18.2 Å². The highest BCUT2D eigenvalue weighted by molar-refractivity contribution is 6.09. The summed E-state index contributed by atoms with van der Waals surface area (Å²) in [5.41, 5.74) is 9.34. The van der Waals surface area contributed by atoms with E-state index in [1.807, 2.05) is 48.5 Å². The number of methoxy groups -OCH3 is 2. The molecule has 0 saturated carbocycles. The summed E-state index contributed by atoms with van der Waals surface area (Å²) in [6.45, 7) is 0. The number of ether oxygens (including phenoxy) is 2. The third kappa shape index (κ3) is 2.36. The van der Waals surface area contributed by atoms with Crippen molar-refractivity contribution in [3.05, 3.63) is 66.7 Å². The van der Waals surface area contributed by atoms with Crippen LogP contribution < -0.4 is 15.2 Å². The zero-order chi connectivity index (χ0) is 17.4. The molecule has 0 aliphatic carbocycles. The van der Waals surface area contributed by atoms with Crippen molar-refractivity contribution in [3.8, 4) is 22.6 Å². The van der Waals surface area contributed by atoms with E-state index < -0.39 is 0 Å². The molecule has 0 saturated heterocycles. The van der Waals surface area contributed by atoms with Crippen LogP contribution in [0, 0.1) is 0 Å². The predicted molar refractivity (Wildman–Crippen MR) is 104 cm³/mol. The fourth-order valence-electron chi connectivity index (χ4n) is 3.45. The number of nitrogen functional groups attached to an aromatic ring is 1. The smallest absolute Gasteiger partial charge is 0.127 e. The molecule has 0 bridgehead atoms. The normalized spacial score (nSPS) is 11.0. The van der Waals surface area contributed by atoms with Crippen molar-refractivity contribution in [1.29, 1.82) is 0 Å². The molecule has 0 heterocycles. The average molecular weight is 329 g/mol. The summed E-state index contributed by atoms with van der Waals surface area (Å²) in [7, 11) is 3.38. The molecule has 0 aliphatic heterocycles. The molecule has 0 aliphatic rings. The number of fused-ring (bicyclic) bond motifs is 2. The Morgan fingerprint density at radius 3 is 1.96 bits per heavy atom. The van der Waals surface area contributed by atoms with E-state index in [1.54, 1.807) is 14.2 Å². The SMILES string of the molecule is COc1cccc2c(-c3cc(OC)c4ccccc4c3N)cccc12. The van der Waals surface area contributed by atoms with Crippen LogP contribution in [0.25, 0.3) is 32.7 Å². The molecule has 4 rings (SSSR count).